The molecule has 0 aliphatic rings. The third kappa shape index (κ3) is 4.06. The summed E-state index contributed by atoms with van der Waals surface area (Å²) in [5.41, 5.74) is -0.0762. The van der Waals surface area contributed by atoms with E-state index in [1.807, 2.05) is 6.92 Å². The normalized spacial score (nSPS) is 11.8. The largest absolute Gasteiger partial charge is 0.481 e. The number of carboxylic acid groups (broad SMARTS) is 1. The number of aliphatic carboxylic acids is 1. The predicted molar refractivity (Wildman–Crippen MR) is 60.8 cm³/mol. The van der Waals surface area contributed by atoms with Gasteiger partial charge in [0.1, 0.15) is 5.82 Å². The monoisotopic (exact) mass is 239 g/mol. The molecule has 1 aromatic heterocycles. The minimum absolute atomic E-state index is 0.0547. The lowest BCUT2D eigenvalue weighted by Crippen LogP contribution is -2.22. The molecule has 92 valence electrons. The van der Waals surface area contributed by atoms with Gasteiger partial charge in [-0.05, 0) is 6.42 Å². The molecule has 0 fully saturated rings. The quantitative estimate of drug-likeness (QED) is 0.577. The molecule has 0 aliphatic heterocycles. The van der Waals surface area contributed by atoms with Crippen molar-refractivity contribution in [3.8, 4) is 0 Å². The summed E-state index contributed by atoms with van der Waals surface area (Å²) in [6.07, 6.45) is 1.85. The van der Waals surface area contributed by atoms with Crippen LogP contribution in [-0.2, 0) is 4.79 Å². The molecule has 0 amide bonds. The van der Waals surface area contributed by atoms with Gasteiger partial charge in [0.05, 0.1) is 17.4 Å². The molecular formula is C10H13N3O4. The molecule has 2 N–H and O–H groups in total. The van der Waals surface area contributed by atoms with Crippen LogP contribution >= 0.6 is 0 Å². The fraction of sp³-hybridized carbons (Fsp3) is 0.400. The third-order valence-corrected chi connectivity index (χ3v) is 2.22. The molecule has 1 rings (SSSR count). The lowest BCUT2D eigenvalue weighted by Gasteiger charge is -2.14. The second-order valence-corrected chi connectivity index (χ2v) is 3.50. The summed E-state index contributed by atoms with van der Waals surface area (Å²) < 4.78 is 0. The van der Waals surface area contributed by atoms with Crippen molar-refractivity contribution in [3.63, 3.8) is 0 Å². The number of carbonyl (C=O) groups is 1. The number of carboxylic acids is 1. The van der Waals surface area contributed by atoms with Gasteiger partial charge in [-0.3, -0.25) is 14.9 Å². The van der Waals surface area contributed by atoms with Gasteiger partial charge in [0.15, 0.2) is 0 Å². The van der Waals surface area contributed by atoms with E-state index in [9.17, 15) is 14.9 Å². The Morgan fingerprint density at radius 1 is 1.71 bits per heavy atom. The average molecular weight is 239 g/mol. The lowest BCUT2D eigenvalue weighted by atomic mass is 10.1. The molecule has 7 nitrogen and oxygen atoms in total. The highest BCUT2D eigenvalue weighted by atomic mass is 16.6. The summed E-state index contributed by atoms with van der Waals surface area (Å²) >= 11 is 0. The molecule has 7 heteroatoms. The molecule has 0 bridgehead atoms. The van der Waals surface area contributed by atoms with Crippen LogP contribution in [0.4, 0.5) is 11.5 Å². The fourth-order valence-electron chi connectivity index (χ4n) is 1.33. The number of rotatable bonds is 6. The van der Waals surface area contributed by atoms with Crippen LogP contribution in [0.3, 0.4) is 0 Å². The average Bonchev–Trinajstić information content (AvgIpc) is 2.28. The van der Waals surface area contributed by atoms with E-state index < -0.39 is 10.9 Å². The number of pyridine rings is 1. The van der Waals surface area contributed by atoms with Crippen molar-refractivity contribution in [2.24, 2.45) is 0 Å². The highest BCUT2D eigenvalue weighted by Gasteiger charge is 2.13. The number of nitrogens with one attached hydrogen (secondary N) is 1. The standard InChI is InChI=1S/C10H13N3O4/c1-2-7(5-10(14)15)12-9-6-8(13(16)17)3-4-11-9/h3-4,6-7H,2,5H2,1H3,(H,11,12)(H,14,15). The van der Waals surface area contributed by atoms with Crippen LogP contribution in [0, 0.1) is 10.1 Å². The van der Waals surface area contributed by atoms with E-state index in [0.29, 0.717) is 12.2 Å². The van der Waals surface area contributed by atoms with Crippen LogP contribution in [0.2, 0.25) is 0 Å². The number of nitrogens with zero attached hydrogens (tertiary/aromatic N) is 2. The first-order chi connectivity index (χ1) is 8.02. The summed E-state index contributed by atoms with van der Waals surface area (Å²) in [4.78, 5) is 24.5. The van der Waals surface area contributed by atoms with Crippen LogP contribution < -0.4 is 5.32 Å². The Morgan fingerprint density at radius 2 is 2.41 bits per heavy atom. The minimum Gasteiger partial charge on any atom is -0.481 e. The summed E-state index contributed by atoms with van der Waals surface area (Å²) in [5.74, 6) is -0.609. The van der Waals surface area contributed by atoms with E-state index in [4.69, 9.17) is 5.11 Å². The van der Waals surface area contributed by atoms with Crippen LogP contribution in [-0.4, -0.2) is 27.0 Å². The number of hydrogen-bond donors (Lipinski definition) is 2. The van der Waals surface area contributed by atoms with E-state index in [1.165, 1.54) is 18.3 Å². The van der Waals surface area contributed by atoms with Crippen LogP contribution in [0.25, 0.3) is 0 Å². The molecule has 1 heterocycles. The molecule has 0 radical (unpaired) electrons. The first-order valence-electron chi connectivity index (χ1n) is 5.11. The molecular weight excluding hydrogens is 226 g/mol. The molecule has 0 spiro atoms. The topological polar surface area (TPSA) is 105 Å². The van der Waals surface area contributed by atoms with Gasteiger partial charge in [-0.2, -0.15) is 0 Å². The van der Waals surface area contributed by atoms with E-state index in [1.54, 1.807) is 0 Å². The van der Waals surface area contributed by atoms with E-state index in [2.05, 4.69) is 10.3 Å². The van der Waals surface area contributed by atoms with Gasteiger partial charge in [0, 0.05) is 18.3 Å². The Hall–Kier alpha value is -2.18. The minimum atomic E-state index is -0.921. The fourth-order valence-corrected chi connectivity index (χ4v) is 1.33. The number of hydrogen-bond acceptors (Lipinski definition) is 5. The number of nitro groups is 1. The highest BCUT2D eigenvalue weighted by molar-refractivity contribution is 5.68. The Morgan fingerprint density at radius 3 is 2.94 bits per heavy atom. The van der Waals surface area contributed by atoms with Gasteiger partial charge in [0.25, 0.3) is 5.69 Å². The molecule has 0 saturated heterocycles. The molecule has 17 heavy (non-hydrogen) atoms. The SMILES string of the molecule is CCC(CC(=O)O)Nc1cc([N+](=O)[O-])ccn1. The Kier molecular flexibility index (Phi) is 4.38. The maximum Gasteiger partial charge on any atom is 0.305 e. The summed E-state index contributed by atoms with van der Waals surface area (Å²) in [5, 5.41) is 22.1. The van der Waals surface area contributed by atoms with Gasteiger partial charge < -0.3 is 10.4 Å². The van der Waals surface area contributed by atoms with E-state index >= 15 is 0 Å². The van der Waals surface area contributed by atoms with Gasteiger partial charge in [-0.15, -0.1) is 0 Å². The molecule has 0 aromatic carbocycles. The van der Waals surface area contributed by atoms with Crippen molar-refractivity contribution in [2.45, 2.75) is 25.8 Å². The second kappa shape index (κ2) is 5.78. The Bertz CT molecular complexity index is 422. The summed E-state index contributed by atoms with van der Waals surface area (Å²) in [7, 11) is 0. The summed E-state index contributed by atoms with van der Waals surface area (Å²) in [6.45, 7) is 1.83. The van der Waals surface area contributed by atoms with E-state index in [0.717, 1.165) is 0 Å². The molecule has 1 unspecified atom stereocenters. The van der Waals surface area contributed by atoms with Crippen molar-refractivity contribution < 1.29 is 14.8 Å². The summed E-state index contributed by atoms with van der Waals surface area (Å²) in [6, 6.07) is 2.27. The van der Waals surface area contributed by atoms with Gasteiger partial charge in [-0.25, -0.2) is 4.98 Å². The van der Waals surface area contributed by atoms with Crippen LogP contribution in [0.15, 0.2) is 18.3 Å². The van der Waals surface area contributed by atoms with Crippen molar-refractivity contribution in [3.05, 3.63) is 28.4 Å². The van der Waals surface area contributed by atoms with Crippen molar-refractivity contribution >= 4 is 17.5 Å². The van der Waals surface area contributed by atoms with Gasteiger partial charge in [0.2, 0.25) is 0 Å². The number of anilines is 1. The zero-order valence-corrected chi connectivity index (χ0v) is 9.29. The van der Waals surface area contributed by atoms with Gasteiger partial charge in [-0.1, -0.05) is 6.92 Å². The lowest BCUT2D eigenvalue weighted by molar-refractivity contribution is -0.384. The van der Waals surface area contributed by atoms with Crippen molar-refractivity contribution in [1.82, 2.24) is 4.98 Å². The number of aromatic nitrogens is 1. The van der Waals surface area contributed by atoms with Crippen molar-refractivity contribution in [1.29, 1.82) is 0 Å². The molecule has 0 saturated carbocycles. The Balaban J connectivity index is 2.75. The molecule has 0 aliphatic carbocycles. The van der Waals surface area contributed by atoms with E-state index in [-0.39, 0.29) is 18.2 Å². The highest BCUT2D eigenvalue weighted by Crippen LogP contribution is 2.16. The predicted octanol–water partition coefficient (Wildman–Crippen LogP) is 1.65. The Labute approximate surface area is 97.6 Å². The van der Waals surface area contributed by atoms with Crippen LogP contribution in [0.1, 0.15) is 19.8 Å². The van der Waals surface area contributed by atoms with Gasteiger partial charge >= 0.3 is 5.97 Å². The molecule has 1 aromatic rings. The zero-order chi connectivity index (χ0) is 12.8. The third-order valence-electron chi connectivity index (χ3n) is 2.22. The zero-order valence-electron chi connectivity index (χ0n) is 9.29. The molecule has 1 atom stereocenters. The smallest absolute Gasteiger partial charge is 0.305 e. The second-order valence-electron chi connectivity index (χ2n) is 3.50. The maximum absolute atomic E-state index is 10.6. The maximum atomic E-state index is 10.6. The first kappa shape index (κ1) is 12.9. The van der Waals surface area contributed by atoms with Crippen molar-refractivity contribution in [2.75, 3.05) is 5.32 Å². The van der Waals surface area contributed by atoms with Crippen LogP contribution in [0.5, 0.6) is 0 Å². The first-order valence-corrected chi connectivity index (χ1v) is 5.11.